The van der Waals surface area contributed by atoms with Gasteiger partial charge in [-0.15, -0.1) is 0 Å². The van der Waals surface area contributed by atoms with Gasteiger partial charge in [0.15, 0.2) is 0 Å². The van der Waals surface area contributed by atoms with Crippen molar-refractivity contribution in [2.75, 3.05) is 20.2 Å². The van der Waals surface area contributed by atoms with Gasteiger partial charge in [-0.2, -0.15) is 4.31 Å². The van der Waals surface area contributed by atoms with Gasteiger partial charge in [-0.05, 0) is 37.8 Å². The number of methoxy groups -OCH3 is 1. The van der Waals surface area contributed by atoms with E-state index in [1.54, 1.807) is 23.5 Å². The molecule has 1 saturated carbocycles. The van der Waals surface area contributed by atoms with Gasteiger partial charge in [0.25, 0.3) is 0 Å². The summed E-state index contributed by atoms with van der Waals surface area (Å²) in [5, 5.41) is 0. The maximum absolute atomic E-state index is 12.6. The summed E-state index contributed by atoms with van der Waals surface area (Å²) in [4.78, 5) is 0.380. The van der Waals surface area contributed by atoms with Crippen LogP contribution in [0.1, 0.15) is 18.4 Å². The van der Waals surface area contributed by atoms with Crippen LogP contribution < -0.4 is 0 Å². The molecule has 0 spiro atoms. The molecule has 0 N–H and O–H groups in total. The van der Waals surface area contributed by atoms with Gasteiger partial charge < -0.3 is 4.74 Å². The van der Waals surface area contributed by atoms with E-state index in [-0.39, 0.29) is 5.60 Å². The predicted octanol–water partition coefficient (Wildman–Crippen LogP) is 1.79. The fourth-order valence-electron chi connectivity index (χ4n) is 3.20. The van der Waals surface area contributed by atoms with Crippen LogP contribution >= 0.6 is 0 Å². The Balaban J connectivity index is 1.87. The molecule has 1 aliphatic carbocycles. The first-order valence-corrected chi connectivity index (χ1v) is 8.01. The van der Waals surface area contributed by atoms with Crippen molar-refractivity contribution in [2.45, 2.75) is 30.3 Å². The topological polar surface area (TPSA) is 46.6 Å². The van der Waals surface area contributed by atoms with Gasteiger partial charge in [-0.1, -0.05) is 17.7 Å². The second kappa shape index (κ2) is 4.30. The van der Waals surface area contributed by atoms with Gasteiger partial charge in [-0.25, -0.2) is 8.42 Å². The highest BCUT2D eigenvalue weighted by molar-refractivity contribution is 7.89. The highest BCUT2D eigenvalue weighted by Gasteiger charge is 2.53. The van der Waals surface area contributed by atoms with Gasteiger partial charge in [0.2, 0.25) is 10.0 Å². The lowest BCUT2D eigenvalue weighted by molar-refractivity contribution is -0.144. The van der Waals surface area contributed by atoms with E-state index in [9.17, 15) is 8.42 Å². The largest absolute Gasteiger partial charge is 0.377 e. The number of ether oxygens (including phenoxy) is 1. The van der Waals surface area contributed by atoms with Crippen molar-refractivity contribution < 1.29 is 13.2 Å². The average molecular weight is 281 g/mol. The SMILES string of the molecule is COC12CC(CN(S(=O)(=O)c3ccc(C)cc3)C1)C2. The first-order valence-electron chi connectivity index (χ1n) is 6.57. The molecule has 5 heteroatoms. The van der Waals surface area contributed by atoms with E-state index in [1.165, 1.54) is 0 Å². The minimum Gasteiger partial charge on any atom is -0.377 e. The summed E-state index contributed by atoms with van der Waals surface area (Å²) >= 11 is 0. The van der Waals surface area contributed by atoms with Crippen molar-refractivity contribution in [2.24, 2.45) is 5.92 Å². The number of aryl methyl sites for hydroxylation is 1. The molecule has 0 atom stereocenters. The van der Waals surface area contributed by atoms with E-state index in [2.05, 4.69) is 0 Å². The first kappa shape index (κ1) is 13.1. The van der Waals surface area contributed by atoms with Crippen LogP contribution in [0.2, 0.25) is 0 Å². The van der Waals surface area contributed by atoms with E-state index >= 15 is 0 Å². The van der Waals surface area contributed by atoms with Crippen LogP contribution in [-0.2, 0) is 14.8 Å². The fourth-order valence-corrected chi connectivity index (χ4v) is 4.79. The molecule has 2 bridgehead atoms. The van der Waals surface area contributed by atoms with E-state index in [0.29, 0.717) is 23.9 Å². The molecule has 19 heavy (non-hydrogen) atoms. The van der Waals surface area contributed by atoms with Crippen molar-refractivity contribution in [3.8, 4) is 0 Å². The van der Waals surface area contributed by atoms with E-state index < -0.39 is 10.0 Å². The third-order valence-corrected chi connectivity index (χ3v) is 6.17. The molecule has 104 valence electrons. The Labute approximate surface area is 114 Å². The molecule has 0 unspecified atom stereocenters. The Morgan fingerprint density at radius 2 is 1.89 bits per heavy atom. The number of nitrogens with zero attached hydrogens (tertiary/aromatic N) is 1. The van der Waals surface area contributed by atoms with Crippen LogP contribution in [0.5, 0.6) is 0 Å². The quantitative estimate of drug-likeness (QED) is 0.848. The third kappa shape index (κ3) is 2.10. The maximum Gasteiger partial charge on any atom is 0.243 e. The van der Waals surface area contributed by atoms with Crippen LogP contribution in [0.15, 0.2) is 29.2 Å². The van der Waals surface area contributed by atoms with Crippen molar-refractivity contribution in [1.29, 1.82) is 0 Å². The van der Waals surface area contributed by atoms with Gasteiger partial charge in [0.05, 0.1) is 10.5 Å². The normalized spacial score (nSPS) is 30.9. The molecule has 2 saturated heterocycles. The summed E-state index contributed by atoms with van der Waals surface area (Å²) in [6, 6.07) is 7.04. The number of rotatable bonds is 3. The lowest BCUT2D eigenvalue weighted by Crippen LogP contribution is -2.62. The molecule has 4 rings (SSSR count). The van der Waals surface area contributed by atoms with Gasteiger partial charge in [0.1, 0.15) is 0 Å². The van der Waals surface area contributed by atoms with Crippen molar-refractivity contribution >= 4 is 10.0 Å². The molecule has 1 aromatic rings. The Kier molecular flexibility index (Phi) is 2.96. The minimum absolute atomic E-state index is 0.235. The molecule has 3 fully saturated rings. The van der Waals surface area contributed by atoms with Crippen molar-refractivity contribution in [3.05, 3.63) is 29.8 Å². The van der Waals surface area contributed by atoms with Crippen molar-refractivity contribution in [3.63, 3.8) is 0 Å². The second-order valence-corrected chi connectivity index (χ2v) is 7.71. The van der Waals surface area contributed by atoms with Crippen LogP contribution in [0.25, 0.3) is 0 Å². The number of fused-ring (bicyclic) bond motifs is 2. The summed E-state index contributed by atoms with van der Waals surface area (Å²) in [5.74, 6) is 0.453. The number of benzene rings is 1. The van der Waals surface area contributed by atoms with Gasteiger partial charge >= 0.3 is 0 Å². The molecule has 0 aromatic heterocycles. The third-order valence-electron chi connectivity index (χ3n) is 4.34. The smallest absolute Gasteiger partial charge is 0.243 e. The summed E-state index contributed by atoms with van der Waals surface area (Å²) in [5.41, 5.74) is 0.828. The Morgan fingerprint density at radius 3 is 2.47 bits per heavy atom. The highest BCUT2D eigenvalue weighted by Crippen LogP contribution is 2.46. The summed E-state index contributed by atoms with van der Waals surface area (Å²) in [6.45, 7) is 3.06. The zero-order chi connectivity index (χ0) is 13.7. The van der Waals surface area contributed by atoms with Gasteiger partial charge in [0, 0.05) is 20.2 Å². The zero-order valence-electron chi connectivity index (χ0n) is 11.3. The minimum atomic E-state index is -3.38. The fraction of sp³-hybridized carbons (Fsp3) is 0.571. The number of piperidine rings is 2. The second-order valence-electron chi connectivity index (χ2n) is 5.77. The maximum atomic E-state index is 12.6. The molecule has 1 aromatic carbocycles. The number of sulfonamides is 1. The monoisotopic (exact) mass is 281 g/mol. The molecule has 4 nitrogen and oxygen atoms in total. The number of hydrogen-bond acceptors (Lipinski definition) is 3. The molecule has 0 radical (unpaired) electrons. The zero-order valence-corrected chi connectivity index (χ0v) is 12.1. The molecular weight excluding hydrogens is 262 g/mol. The van der Waals surface area contributed by atoms with E-state index in [1.807, 2.05) is 19.1 Å². The number of hydrogen-bond donors (Lipinski definition) is 0. The molecule has 2 heterocycles. The first-order chi connectivity index (χ1) is 8.95. The Morgan fingerprint density at radius 1 is 1.26 bits per heavy atom. The average Bonchev–Trinajstić information content (AvgIpc) is 2.38. The lowest BCUT2D eigenvalue weighted by Gasteiger charge is -2.54. The Hall–Kier alpha value is -0.910. The van der Waals surface area contributed by atoms with Crippen LogP contribution in [-0.4, -0.2) is 38.5 Å². The molecule has 0 amide bonds. The van der Waals surface area contributed by atoms with E-state index in [4.69, 9.17) is 4.74 Å². The molecular formula is C14H19NO3S. The van der Waals surface area contributed by atoms with Crippen LogP contribution in [0, 0.1) is 12.8 Å². The van der Waals surface area contributed by atoms with Crippen molar-refractivity contribution in [1.82, 2.24) is 4.31 Å². The van der Waals surface area contributed by atoms with Crippen LogP contribution in [0.3, 0.4) is 0 Å². The Bertz CT molecular complexity index is 573. The van der Waals surface area contributed by atoms with E-state index in [0.717, 1.165) is 18.4 Å². The van der Waals surface area contributed by atoms with Crippen LogP contribution in [0.4, 0.5) is 0 Å². The highest BCUT2D eigenvalue weighted by atomic mass is 32.2. The van der Waals surface area contributed by atoms with Gasteiger partial charge in [-0.3, -0.25) is 0 Å². The predicted molar refractivity (Wildman–Crippen MR) is 72.4 cm³/mol. The lowest BCUT2D eigenvalue weighted by atomic mass is 9.68. The molecule has 3 aliphatic rings. The summed E-state index contributed by atoms with van der Waals surface area (Å²) < 4.78 is 32.3. The standard InChI is InChI=1S/C14H19NO3S/c1-11-3-5-13(6-4-11)19(16,17)15-9-12-7-14(8-12,10-15)18-2/h3-6,12H,7-10H2,1-2H3. The summed E-state index contributed by atoms with van der Waals surface area (Å²) in [6.07, 6.45) is 1.98. The molecule has 2 aliphatic heterocycles. The summed E-state index contributed by atoms with van der Waals surface area (Å²) in [7, 11) is -1.70.